The van der Waals surface area contributed by atoms with E-state index in [1.165, 1.54) is 0 Å². The number of benzene rings is 1. The van der Waals surface area contributed by atoms with E-state index in [4.69, 9.17) is 14.2 Å². The third kappa shape index (κ3) is 4.45. The highest BCUT2D eigenvalue weighted by Gasteiger charge is 2.35. The van der Waals surface area contributed by atoms with E-state index in [9.17, 15) is 4.79 Å². The van der Waals surface area contributed by atoms with E-state index < -0.39 is 5.79 Å². The van der Waals surface area contributed by atoms with E-state index in [-0.39, 0.29) is 5.91 Å². The molecule has 0 saturated carbocycles. The van der Waals surface area contributed by atoms with Crippen LogP contribution in [0.1, 0.15) is 25.7 Å². The summed E-state index contributed by atoms with van der Waals surface area (Å²) >= 11 is 0. The number of ether oxygens (including phenoxy) is 3. The van der Waals surface area contributed by atoms with Crippen molar-refractivity contribution in [3.05, 3.63) is 30.3 Å². The maximum atomic E-state index is 12.2. The van der Waals surface area contributed by atoms with Crippen LogP contribution in [-0.2, 0) is 14.3 Å². The minimum Gasteiger partial charge on any atom is -0.494 e. The fraction of sp³-hybridized carbons (Fsp3) is 0.588. The van der Waals surface area contributed by atoms with Gasteiger partial charge >= 0.3 is 0 Å². The van der Waals surface area contributed by atoms with Gasteiger partial charge in [-0.05, 0) is 18.6 Å². The molecular weight excluding hydrogens is 282 g/mol. The van der Waals surface area contributed by atoms with Gasteiger partial charge in [-0.2, -0.15) is 0 Å². The van der Waals surface area contributed by atoms with Crippen molar-refractivity contribution in [1.29, 1.82) is 0 Å². The molecule has 2 rings (SSSR count). The summed E-state index contributed by atoms with van der Waals surface area (Å²) in [6.07, 6.45) is 2.67. The van der Waals surface area contributed by atoms with Crippen molar-refractivity contribution in [3.8, 4) is 5.75 Å². The largest absolute Gasteiger partial charge is 0.494 e. The summed E-state index contributed by atoms with van der Waals surface area (Å²) < 4.78 is 16.4. The summed E-state index contributed by atoms with van der Waals surface area (Å²) in [7, 11) is 3.31. The molecule has 5 nitrogen and oxygen atoms in total. The van der Waals surface area contributed by atoms with E-state index in [0.29, 0.717) is 39.0 Å². The zero-order chi connectivity index (χ0) is 15.8. The second kappa shape index (κ2) is 8.15. The first kappa shape index (κ1) is 16.8. The Bertz CT molecular complexity index is 449. The highest BCUT2D eigenvalue weighted by molar-refractivity contribution is 5.76. The third-order valence-electron chi connectivity index (χ3n) is 4.17. The third-order valence-corrected chi connectivity index (χ3v) is 4.17. The number of rotatable bonds is 7. The first-order chi connectivity index (χ1) is 10.7. The average molecular weight is 307 g/mol. The minimum atomic E-state index is -0.521. The maximum Gasteiger partial charge on any atom is 0.222 e. The predicted molar refractivity (Wildman–Crippen MR) is 83.7 cm³/mol. The fourth-order valence-electron chi connectivity index (χ4n) is 2.68. The van der Waals surface area contributed by atoms with Crippen LogP contribution in [-0.4, -0.2) is 50.5 Å². The normalized spacial score (nSPS) is 17.3. The highest BCUT2D eigenvalue weighted by atomic mass is 16.7. The van der Waals surface area contributed by atoms with Gasteiger partial charge in [-0.15, -0.1) is 0 Å². The van der Waals surface area contributed by atoms with Gasteiger partial charge in [0.1, 0.15) is 5.75 Å². The summed E-state index contributed by atoms with van der Waals surface area (Å²) in [6, 6.07) is 9.66. The molecule has 1 fully saturated rings. The molecule has 0 aromatic heterocycles. The number of likely N-dealkylation sites (tertiary alicyclic amines) is 1. The predicted octanol–water partition coefficient (Wildman–Crippen LogP) is 2.46. The van der Waals surface area contributed by atoms with Crippen molar-refractivity contribution >= 4 is 5.91 Å². The molecule has 1 aliphatic rings. The molecule has 5 heteroatoms. The first-order valence-electron chi connectivity index (χ1n) is 7.75. The van der Waals surface area contributed by atoms with Crippen molar-refractivity contribution in [3.63, 3.8) is 0 Å². The first-order valence-corrected chi connectivity index (χ1v) is 7.75. The Hall–Kier alpha value is -1.59. The summed E-state index contributed by atoms with van der Waals surface area (Å²) in [5, 5.41) is 0. The lowest BCUT2D eigenvalue weighted by Gasteiger charge is -2.39. The highest BCUT2D eigenvalue weighted by Crippen LogP contribution is 2.26. The summed E-state index contributed by atoms with van der Waals surface area (Å²) in [5.74, 6) is 0.503. The summed E-state index contributed by atoms with van der Waals surface area (Å²) in [5.41, 5.74) is 0. The Kier molecular flexibility index (Phi) is 6.21. The second-order valence-electron chi connectivity index (χ2n) is 5.46. The van der Waals surface area contributed by atoms with Gasteiger partial charge in [0.05, 0.1) is 6.61 Å². The fourth-order valence-corrected chi connectivity index (χ4v) is 2.68. The van der Waals surface area contributed by atoms with Gasteiger partial charge in [0, 0.05) is 46.6 Å². The van der Waals surface area contributed by atoms with E-state index in [0.717, 1.165) is 12.2 Å². The number of para-hydroxylation sites is 1. The van der Waals surface area contributed by atoms with E-state index in [2.05, 4.69) is 0 Å². The maximum absolute atomic E-state index is 12.2. The number of amides is 1. The number of carbonyl (C=O) groups is 1. The van der Waals surface area contributed by atoms with Crippen LogP contribution in [0.2, 0.25) is 0 Å². The number of nitrogens with zero attached hydrogens (tertiary/aromatic N) is 1. The lowest BCUT2D eigenvalue weighted by molar-refractivity contribution is -0.228. The molecule has 0 N–H and O–H groups in total. The Morgan fingerprint density at radius 2 is 1.77 bits per heavy atom. The van der Waals surface area contributed by atoms with Gasteiger partial charge in [-0.1, -0.05) is 18.2 Å². The van der Waals surface area contributed by atoms with Crippen LogP contribution in [0.4, 0.5) is 0 Å². The van der Waals surface area contributed by atoms with Gasteiger partial charge in [0.2, 0.25) is 5.91 Å². The topological polar surface area (TPSA) is 48.0 Å². The van der Waals surface area contributed by atoms with Crippen LogP contribution in [0.5, 0.6) is 5.75 Å². The van der Waals surface area contributed by atoms with E-state index in [1.807, 2.05) is 35.2 Å². The molecule has 22 heavy (non-hydrogen) atoms. The molecule has 1 heterocycles. The molecule has 1 amide bonds. The monoisotopic (exact) mass is 307 g/mol. The SMILES string of the molecule is COC1(OC)CCN(C(=O)CCCOc2ccccc2)CC1. The molecule has 0 aliphatic carbocycles. The quantitative estimate of drug-likeness (QED) is 0.573. The van der Waals surface area contributed by atoms with Gasteiger partial charge in [-0.25, -0.2) is 0 Å². The minimum absolute atomic E-state index is 0.178. The summed E-state index contributed by atoms with van der Waals surface area (Å²) in [6.45, 7) is 1.92. The number of hydrogen-bond donors (Lipinski definition) is 0. The Labute approximate surface area is 132 Å². The molecule has 1 saturated heterocycles. The Balaban J connectivity index is 1.66. The molecule has 0 radical (unpaired) electrons. The van der Waals surface area contributed by atoms with Crippen LogP contribution in [0, 0.1) is 0 Å². The van der Waals surface area contributed by atoms with Crippen LogP contribution in [0.3, 0.4) is 0 Å². The number of piperidine rings is 1. The summed E-state index contributed by atoms with van der Waals surface area (Å²) in [4.78, 5) is 14.1. The van der Waals surface area contributed by atoms with E-state index >= 15 is 0 Å². The van der Waals surface area contributed by atoms with Crippen LogP contribution >= 0.6 is 0 Å². The number of carbonyl (C=O) groups excluding carboxylic acids is 1. The van der Waals surface area contributed by atoms with Gasteiger partial charge in [0.15, 0.2) is 5.79 Å². The van der Waals surface area contributed by atoms with Gasteiger partial charge in [0.25, 0.3) is 0 Å². The van der Waals surface area contributed by atoms with Crippen molar-refractivity contribution in [2.24, 2.45) is 0 Å². The molecule has 1 aromatic carbocycles. The molecule has 0 bridgehead atoms. The standard InChI is InChI=1S/C17H25NO4/c1-20-17(21-2)10-12-18(13-11-17)16(19)9-6-14-22-15-7-4-3-5-8-15/h3-5,7-8H,6,9-14H2,1-2H3. The van der Waals surface area contributed by atoms with E-state index in [1.54, 1.807) is 14.2 Å². The molecule has 0 atom stereocenters. The molecule has 0 spiro atoms. The second-order valence-corrected chi connectivity index (χ2v) is 5.46. The lowest BCUT2D eigenvalue weighted by Crippen LogP contribution is -2.48. The lowest BCUT2D eigenvalue weighted by atomic mass is 10.0. The average Bonchev–Trinajstić information content (AvgIpc) is 2.59. The van der Waals surface area contributed by atoms with Gasteiger partial charge in [-0.3, -0.25) is 4.79 Å². The molecule has 1 aliphatic heterocycles. The zero-order valence-electron chi connectivity index (χ0n) is 13.4. The van der Waals surface area contributed by atoms with Crippen molar-refractivity contribution in [1.82, 2.24) is 4.90 Å². The number of hydrogen-bond acceptors (Lipinski definition) is 4. The van der Waals surface area contributed by atoms with Gasteiger partial charge < -0.3 is 19.1 Å². The van der Waals surface area contributed by atoms with Crippen LogP contribution in [0.15, 0.2) is 30.3 Å². The smallest absolute Gasteiger partial charge is 0.222 e. The molecule has 0 unspecified atom stereocenters. The zero-order valence-corrected chi connectivity index (χ0v) is 13.4. The van der Waals surface area contributed by atoms with Crippen molar-refractivity contribution in [2.75, 3.05) is 33.9 Å². The Morgan fingerprint density at radius 1 is 1.14 bits per heavy atom. The van der Waals surface area contributed by atoms with Crippen LogP contribution < -0.4 is 4.74 Å². The van der Waals surface area contributed by atoms with Crippen molar-refractivity contribution in [2.45, 2.75) is 31.5 Å². The molecule has 122 valence electrons. The van der Waals surface area contributed by atoms with Crippen LogP contribution in [0.25, 0.3) is 0 Å². The Morgan fingerprint density at radius 3 is 2.36 bits per heavy atom. The number of methoxy groups -OCH3 is 2. The molecular formula is C17H25NO4. The van der Waals surface area contributed by atoms with Crippen molar-refractivity contribution < 1.29 is 19.0 Å². The molecule has 1 aromatic rings.